The van der Waals surface area contributed by atoms with Gasteiger partial charge in [0.05, 0.1) is 5.52 Å². The molecule has 0 saturated carbocycles. The second-order valence-electron chi connectivity index (χ2n) is 5.26. The Morgan fingerprint density at radius 1 is 1.22 bits per heavy atom. The lowest BCUT2D eigenvalue weighted by atomic mass is 9.96. The van der Waals surface area contributed by atoms with Gasteiger partial charge in [0.15, 0.2) is 0 Å². The first-order valence-electron chi connectivity index (χ1n) is 6.75. The zero-order chi connectivity index (χ0) is 12.1. The van der Waals surface area contributed by atoms with Crippen LogP contribution in [0.4, 0.5) is 0 Å². The normalized spacial score (nSPS) is 22.9. The molecule has 3 nitrogen and oxygen atoms in total. The minimum absolute atomic E-state index is 0.263. The molecule has 2 aliphatic heterocycles. The van der Waals surface area contributed by atoms with Gasteiger partial charge in [0.1, 0.15) is 0 Å². The summed E-state index contributed by atoms with van der Waals surface area (Å²) < 4.78 is 1.98. The van der Waals surface area contributed by atoms with E-state index in [1.54, 1.807) is 0 Å². The number of carbonyl (C=O) groups is 1. The molecule has 2 aliphatic rings. The van der Waals surface area contributed by atoms with Crippen LogP contribution in [0.3, 0.4) is 0 Å². The quantitative estimate of drug-likeness (QED) is 0.768. The van der Waals surface area contributed by atoms with Gasteiger partial charge in [-0.3, -0.25) is 9.36 Å². The van der Waals surface area contributed by atoms with Crippen LogP contribution in [0.25, 0.3) is 10.9 Å². The molecule has 0 saturated heterocycles. The fraction of sp³-hybridized carbons (Fsp3) is 0.400. The molecule has 0 aliphatic carbocycles. The minimum atomic E-state index is 0.263. The molecule has 3 heterocycles. The maximum Gasteiger partial charge on any atom is 0.231 e. The van der Waals surface area contributed by atoms with Gasteiger partial charge in [0.2, 0.25) is 5.91 Å². The van der Waals surface area contributed by atoms with Crippen molar-refractivity contribution in [2.75, 3.05) is 6.54 Å². The molecule has 3 heteroatoms. The van der Waals surface area contributed by atoms with Crippen LogP contribution in [0.5, 0.6) is 0 Å². The maximum absolute atomic E-state index is 12.4. The van der Waals surface area contributed by atoms with Crippen molar-refractivity contribution in [1.29, 1.82) is 0 Å². The van der Waals surface area contributed by atoms with E-state index in [-0.39, 0.29) is 5.91 Å². The smallest absolute Gasteiger partial charge is 0.231 e. The number of aromatic nitrogens is 1. The van der Waals surface area contributed by atoms with Gasteiger partial charge in [-0.1, -0.05) is 18.2 Å². The maximum atomic E-state index is 12.4. The molecule has 0 bridgehead atoms. The lowest BCUT2D eigenvalue weighted by molar-refractivity contribution is 0.0907. The highest BCUT2D eigenvalue weighted by atomic mass is 16.2. The van der Waals surface area contributed by atoms with Gasteiger partial charge in [-0.05, 0) is 37.4 Å². The Labute approximate surface area is 106 Å². The first-order chi connectivity index (χ1) is 8.86. The lowest BCUT2D eigenvalue weighted by Gasteiger charge is -2.24. The predicted molar refractivity (Wildman–Crippen MR) is 70.9 cm³/mol. The third kappa shape index (κ3) is 1.25. The van der Waals surface area contributed by atoms with Crippen molar-refractivity contribution in [3.05, 3.63) is 35.5 Å². The van der Waals surface area contributed by atoms with E-state index in [2.05, 4.69) is 23.5 Å². The second-order valence-corrected chi connectivity index (χ2v) is 5.26. The number of nitrogens with one attached hydrogen (secondary N) is 1. The van der Waals surface area contributed by atoms with Crippen molar-refractivity contribution in [2.45, 2.75) is 31.7 Å². The molecule has 1 atom stereocenters. The third-order valence-corrected chi connectivity index (χ3v) is 4.25. The number of fused-ring (bicyclic) bond motifs is 3. The Hall–Kier alpha value is -1.61. The summed E-state index contributed by atoms with van der Waals surface area (Å²) >= 11 is 0. The van der Waals surface area contributed by atoms with E-state index >= 15 is 0 Å². The van der Waals surface area contributed by atoms with Crippen LogP contribution in [0.1, 0.15) is 41.4 Å². The van der Waals surface area contributed by atoms with Crippen LogP contribution in [0.15, 0.2) is 24.3 Å². The van der Waals surface area contributed by atoms with E-state index in [0.29, 0.717) is 12.5 Å². The number of para-hydroxylation sites is 1. The van der Waals surface area contributed by atoms with E-state index in [0.717, 1.165) is 31.3 Å². The lowest BCUT2D eigenvalue weighted by Crippen LogP contribution is -2.30. The Morgan fingerprint density at radius 2 is 2.11 bits per heavy atom. The highest BCUT2D eigenvalue weighted by Crippen LogP contribution is 2.37. The van der Waals surface area contributed by atoms with Crippen LogP contribution >= 0.6 is 0 Å². The first kappa shape index (κ1) is 10.3. The van der Waals surface area contributed by atoms with Crippen molar-refractivity contribution in [1.82, 2.24) is 9.88 Å². The Balaban J connectivity index is 2.13. The fourth-order valence-corrected chi connectivity index (χ4v) is 3.50. The van der Waals surface area contributed by atoms with Crippen molar-refractivity contribution in [3.63, 3.8) is 0 Å². The standard InChI is InChI=1S/C15H16N2O/c18-14-7-3-5-12-15-11(8-9-16-12)10-4-1-2-6-13(10)17(14)15/h1-2,4,6,12,16H,3,5,7-9H2. The van der Waals surface area contributed by atoms with Gasteiger partial charge >= 0.3 is 0 Å². The zero-order valence-corrected chi connectivity index (χ0v) is 10.3. The summed E-state index contributed by atoms with van der Waals surface area (Å²) in [5.74, 6) is 0.263. The van der Waals surface area contributed by atoms with Crippen molar-refractivity contribution < 1.29 is 4.79 Å². The molecule has 1 unspecified atom stereocenters. The highest BCUT2D eigenvalue weighted by Gasteiger charge is 2.31. The van der Waals surface area contributed by atoms with Gasteiger partial charge in [0, 0.05) is 23.5 Å². The summed E-state index contributed by atoms with van der Waals surface area (Å²) in [6.07, 6.45) is 3.77. The third-order valence-electron chi connectivity index (χ3n) is 4.25. The number of rotatable bonds is 0. The van der Waals surface area contributed by atoms with Crippen LogP contribution in [0, 0.1) is 0 Å². The molecule has 4 rings (SSSR count). The molecule has 1 aromatic heterocycles. The van der Waals surface area contributed by atoms with Crippen molar-refractivity contribution >= 4 is 16.8 Å². The summed E-state index contributed by atoms with van der Waals surface area (Å²) in [5, 5.41) is 4.84. The van der Waals surface area contributed by atoms with Crippen LogP contribution in [0.2, 0.25) is 0 Å². The number of hydrogen-bond acceptors (Lipinski definition) is 2. The van der Waals surface area contributed by atoms with Gasteiger partial charge in [0.25, 0.3) is 0 Å². The predicted octanol–water partition coefficient (Wildman–Crippen LogP) is 2.65. The molecular weight excluding hydrogens is 224 g/mol. The zero-order valence-electron chi connectivity index (χ0n) is 10.3. The van der Waals surface area contributed by atoms with Crippen molar-refractivity contribution in [3.8, 4) is 0 Å². The monoisotopic (exact) mass is 240 g/mol. The van der Waals surface area contributed by atoms with E-state index in [1.807, 2.05) is 10.6 Å². The average Bonchev–Trinajstić information content (AvgIpc) is 2.64. The summed E-state index contributed by atoms with van der Waals surface area (Å²) in [6, 6.07) is 8.70. The summed E-state index contributed by atoms with van der Waals surface area (Å²) in [7, 11) is 0. The number of carbonyl (C=O) groups excluding carboxylic acids is 1. The topological polar surface area (TPSA) is 34.0 Å². The molecule has 1 N–H and O–H groups in total. The van der Waals surface area contributed by atoms with E-state index in [4.69, 9.17) is 0 Å². The van der Waals surface area contributed by atoms with Crippen LogP contribution < -0.4 is 5.32 Å². The molecule has 2 aromatic rings. The molecule has 0 radical (unpaired) electrons. The Kier molecular flexibility index (Phi) is 2.12. The van der Waals surface area contributed by atoms with Gasteiger partial charge < -0.3 is 5.32 Å². The SMILES string of the molecule is O=C1CCCC2NCCc3c2n1c1ccccc31. The fourth-order valence-electron chi connectivity index (χ4n) is 3.50. The Morgan fingerprint density at radius 3 is 3.06 bits per heavy atom. The van der Waals surface area contributed by atoms with Gasteiger partial charge in [-0.2, -0.15) is 0 Å². The van der Waals surface area contributed by atoms with E-state index < -0.39 is 0 Å². The number of nitrogens with zero attached hydrogens (tertiary/aromatic N) is 1. The van der Waals surface area contributed by atoms with Crippen LogP contribution in [-0.2, 0) is 6.42 Å². The number of hydrogen-bond donors (Lipinski definition) is 1. The summed E-state index contributed by atoms with van der Waals surface area (Å²) in [4.78, 5) is 12.4. The molecule has 0 amide bonds. The first-order valence-corrected chi connectivity index (χ1v) is 6.75. The molecule has 1 aromatic carbocycles. The highest BCUT2D eigenvalue weighted by molar-refractivity contribution is 5.96. The number of benzene rings is 1. The summed E-state index contributed by atoms with van der Waals surface area (Å²) in [6.45, 7) is 1.03. The molecular formula is C15H16N2O. The molecule has 0 spiro atoms. The van der Waals surface area contributed by atoms with E-state index in [9.17, 15) is 4.79 Å². The molecule has 18 heavy (non-hydrogen) atoms. The average molecular weight is 240 g/mol. The molecule has 92 valence electrons. The molecule has 0 fully saturated rings. The minimum Gasteiger partial charge on any atom is -0.308 e. The largest absolute Gasteiger partial charge is 0.308 e. The van der Waals surface area contributed by atoms with Gasteiger partial charge in [-0.15, -0.1) is 0 Å². The van der Waals surface area contributed by atoms with Crippen molar-refractivity contribution in [2.24, 2.45) is 0 Å². The van der Waals surface area contributed by atoms with E-state index in [1.165, 1.54) is 16.6 Å². The second kappa shape index (κ2) is 3.69. The Bertz CT molecular complexity index is 641. The van der Waals surface area contributed by atoms with Crippen LogP contribution in [-0.4, -0.2) is 17.0 Å². The van der Waals surface area contributed by atoms with Gasteiger partial charge in [-0.25, -0.2) is 0 Å². The summed E-state index contributed by atoms with van der Waals surface area (Å²) in [5.41, 5.74) is 3.73.